The van der Waals surface area contributed by atoms with Crippen LogP contribution in [0.2, 0.25) is 0 Å². The molecule has 3 atom stereocenters. The van der Waals surface area contributed by atoms with Gasteiger partial charge in [-0.15, -0.1) is 0 Å². The minimum absolute atomic E-state index is 0.129. The number of amides is 1. The number of hydrogen-bond acceptors (Lipinski definition) is 5. The largest absolute Gasteiger partial charge is 0.464 e. The van der Waals surface area contributed by atoms with E-state index < -0.39 is 17.9 Å². The van der Waals surface area contributed by atoms with Crippen LogP contribution < -0.4 is 11.1 Å². The van der Waals surface area contributed by atoms with Crippen LogP contribution in [0.4, 0.5) is 0 Å². The number of carbonyl (C=O) groups excluding carboxylic acids is 2. The Hall–Kier alpha value is -0.750. The first-order valence-electron chi connectivity index (χ1n) is 6.33. The van der Waals surface area contributed by atoms with Crippen molar-refractivity contribution in [2.24, 2.45) is 5.73 Å². The summed E-state index contributed by atoms with van der Waals surface area (Å²) in [6, 6.07) is -1.08. The van der Waals surface area contributed by atoms with Crippen LogP contribution in [-0.2, 0) is 14.3 Å². The van der Waals surface area contributed by atoms with E-state index in [2.05, 4.69) is 11.6 Å². The van der Waals surface area contributed by atoms with Gasteiger partial charge in [0.05, 0.1) is 6.61 Å². The molecule has 0 aromatic carbocycles. The maximum absolute atomic E-state index is 11.8. The Bertz CT molecular complexity index is 299. The zero-order valence-corrected chi connectivity index (χ0v) is 11.8. The fraction of sp³-hybridized carbons (Fsp3) is 0.833. The molecule has 18 heavy (non-hydrogen) atoms. The van der Waals surface area contributed by atoms with E-state index >= 15 is 0 Å². The molecule has 1 fully saturated rings. The molecule has 0 aromatic rings. The molecule has 1 aliphatic rings. The Balaban J connectivity index is 2.41. The molecule has 104 valence electrons. The third kappa shape index (κ3) is 4.49. The molecule has 1 saturated carbocycles. The van der Waals surface area contributed by atoms with E-state index in [4.69, 9.17) is 10.5 Å². The van der Waals surface area contributed by atoms with Gasteiger partial charge in [-0.1, -0.05) is 6.42 Å². The van der Waals surface area contributed by atoms with Gasteiger partial charge >= 0.3 is 5.97 Å². The highest BCUT2D eigenvalue weighted by atomic mass is 32.2. The fourth-order valence-electron chi connectivity index (χ4n) is 2.12. The number of carbonyl (C=O) groups is 2. The lowest BCUT2D eigenvalue weighted by molar-refractivity contribution is -0.148. The molecule has 5 nitrogen and oxygen atoms in total. The molecule has 6 heteroatoms. The fourth-order valence-corrected chi connectivity index (χ4v) is 2.95. The van der Waals surface area contributed by atoms with E-state index in [9.17, 15) is 9.59 Å². The van der Waals surface area contributed by atoms with Crippen molar-refractivity contribution in [1.29, 1.82) is 0 Å². The molecule has 3 unspecified atom stereocenters. The lowest BCUT2D eigenvalue weighted by atomic mass is 9.94. The van der Waals surface area contributed by atoms with Crippen LogP contribution in [0, 0.1) is 0 Å². The van der Waals surface area contributed by atoms with E-state index in [1.54, 1.807) is 6.92 Å². The summed E-state index contributed by atoms with van der Waals surface area (Å²) in [5.74, 6) is -1.09. The standard InChI is InChI=1S/C12H22N2O3S/c1-3-17-12(16)10(13)11(15)14-8-5-4-6-9(7-8)18-2/h8-10H,3-7,13H2,1-2H3,(H,14,15). The van der Waals surface area contributed by atoms with E-state index in [-0.39, 0.29) is 12.6 Å². The lowest BCUT2D eigenvalue weighted by Gasteiger charge is -2.29. The predicted molar refractivity (Wildman–Crippen MR) is 72.3 cm³/mol. The van der Waals surface area contributed by atoms with Gasteiger partial charge in [-0.3, -0.25) is 4.79 Å². The second-order valence-corrected chi connectivity index (χ2v) is 5.60. The van der Waals surface area contributed by atoms with Crippen molar-refractivity contribution >= 4 is 23.6 Å². The summed E-state index contributed by atoms with van der Waals surface area (Å²) in [7, 11) is 0. The smallest absolute Gasteiger partial charge is 0.332 e. The number of rotatable bonds is 5. The molecule has 0 bridgehead atoms. The average molecular weight is 274 g/mol. The second-order valence-electron chi connectivity index (χ2n) is 4.46. The quantitative estimate of drug-likeness (QED) is 0.569. The average Bonchev–Trinajstić information content (AvgIpc) is 2.38. The van der Waals surface area contributed by atoms with Crippen LogP contribution in [0.1, 0.15) is 32.6 Å². The molecule has 0 aliphatic heterocycles. The van der Waals surface area contributed by atoms with Crippen molar-refractivity contribution in [3.63, 3.8) is 0 Å². The highest BCUT2D eigenvalue weighted by molar-refractivity contribution is 7.99. The zero-order valence-electron chi connectivity index (χ0n) is 11.0. The normalized spacial score (nSPS) is 25.3. The number of thioether (sulfide) groups is 1. The predicted octanol–water partition coefficient (Wildman–Crippen LogP) is 0.667. The molecule has 0 aromatic heterocycles. The number of nitrogens with two attached hydrogens (primary N) is 1. The monoisotopic (exact) mass is 274 g/mol. The minimum atomic E-state index is -1.21. The zero-order chi connectivity index (χ0) is 13.5. The summed E-state index contributed by atoms with van der Waals surface area (Å²) in [5, 5.41) is 3.43. The highest BCUT2D eigenvalue weighted by Gasteiger charge is 2.28. The van der Waals surface area contributed by atoms with Crippen LogP contribution >= 0.6 is 11.8 Å². The number of nitrogens with one attached hydrogen (secondary N) is 1. The first-order chi connectivity index (χ1) is 8.58. The Morgan fingerprint density at radius 3 is 2.83 bits per heavy atom. The number of esters is 1. The SMILES string of the molecule is CCOC(=O)C(N)C(=O)NC1CCCC(SC)C1. The molecule has 0 heterocycles. The molecule has 1 aliphatic carbocycles. The maximum Gasteiger partial charge on any atom is 0.332 e. The molecular formula is C12H22N2O3S. The lowest BCUT2D eigenvalue weighted by Crippen LogP contribution is -2.51. The second kappa shape index (κ2) is 7.63. The number of hydrogen-bond donors (Lipinski definition) is 2. The maximum atomic E-state index is 11.8. The number of ether oxygens (including phenoxy) is 1. The van der Waals surface area contributed by atoms with E-state index in [0.29, 0.717) is 5.25 Å². The van der Waals surface area contributed by atoms with Gasteiger partial charge in [0, 0.05) is 11.3 Å². The Morgan fingerprint density at radius 1 is 1.50 bits per heavy atom. The van der Waals surface area contributed by atoms with Gasteiger partial charge in [-0.25, -0.2) is 4.79 Å². The first kappa shape index (κ1) is 15.3. The van der Waals surface area contributed by atoms with Crippen LogP contribution in [-0.4, -0.2) is 42.1 Å². The van der Waals surface area contributed by atoms with Gasteiger partial charge < -0.3 is 15.8 Å². The van der Waals surface area contributed by atoms with E-state index in [0.717, 1.165) is 19.3 Å². The molecule has 3 N–H and O–H groups in total. The summed E-state index contributed by atoms with van der Waals surface area (Å²) in [6.45, 7) is 1.92. The Labute approximate surface area is 112 Å². The highest BCUT2D eigenvalue weighted by Crippen LogP contribution is 2.26. The topological polar surface area (TPSA) is 81.4 Å². The molecular weight excluding hydrogens is 252 g/mol. The van der Waals surface area contributed by atoms with Crippen LogP contribution in [0.25, 0.3) is 0 Å². The van der Waals surface area contributed by atoms with Gasteiger partial charge in [0.1, 0.15) is 0 Å². The first-order valence-corrected chi connectivity index (χ1v) is 7.62. The van der Waals surface area contributed by atoms with Crippen molar-refractivity contribution in [3.05, 3.63) is 0 Å². The molecule has 1 rings (SSSR count). The van der Waals surface area contributed by atoms with Crippen LogP contribution in [0.5, 0.6) is 0 Å². The van der Waals surface area contributed by atoms with Gasteiger partial charge in [0.2, 0.25) is 5.91 Å². The van der Waals surface area contributed by atoms with Crippen LogP contribution in [0.3, 0.4) is 0 Å². The van der Waals surface area contributed by atoms with Gasteiger partial charge in [-0.05, 0) is 32.4 Å². The van der Waals surface area contributed by atoms with Crippen molar-refractivity contribution in [1.82, 2.24) is 5.32 Å². The third-order valence-electron chi connectivity index (χ3n) is 3.13. The van der Waals surface area contributed by atoms with Crippen LogP contribution in [0.15, 0.2) is 0 Å². The minimum Gasteiger partial charge on any atom is -0.464 e. The van der Waals surface area contributed by atoms with Crippen molar-refractivity contribution in [2.45, 2.75) is 49.9 Å². The Morgan fingerprint density at radius 2 is 2.22 bits per heavy atom. The summed E-state index contributed by atoms with van der Waals surface area (Å²) >= 11 is 1.83. The summed E-state index contributed by atoms with van der Waals surface area (Å²) in [5.41, 5.74) is 5.54. The molecule has 1 amide bonds. The molecule has 0 saturated heterocycles. The van der Waals surface area contributed by atoms with Crippen molar-refractivity contribution in [2.75, 3.05) is 12.9 Å². The summed E-state index contributed by atoms with van der Waals surface area (Å²) < 4.78 is 4.73. The van der Waals surface area contributed by atoms with Gasteiger partial charge in [-0.2, -0.15) is 11.8 Å². The Kier molecular flexibility index (Phi) is 6.49. The van der Waals surface area contributed by atoms with Crippen molar-refractivity contribution < 1.29 is 14.3 Å². The molecule has 0 spiro atoms. The molecule has 0 radical (unpaired) electrons. The summed E-state index contributed by atoms with van der Waals surface area (Å²) in [4.78, 5) is 23.1. The van der Waals surface area contributed by atoms with E-state index in [1.807, 2.05) is 11.8 Å². The van der Waals surface area contributed by atoms with E-state index in [1.165, 1.54) is 6.42 Å². The summed E-state index contributed by atoms with van der Waals surface area (Å²) in [6.07, 6.45) is 6.28. The van der Waals surface area contributed by atoms with Gasteiger partial charge in [0.15, 0.2) is 6.04 Å². The third-order valence-corrected chi connectivity index (χ3v) is 4.22. The van der Waals surface area contributed by atoms with Crippen molar-refractivity contribution in [3.8, 4) is 0 Å². The van der Waals surface area contributed by atoms with Gasteiger partial charge in [0.25, 0.3) is 0 Å².